The van der Waals surface area contributed by atoms with Gasteiger partial charge >= 0.3 is 11.9 Å². The number of fused-ring (bicyclic) bond motifs is 3. The van der Waals surface area contributed by atoms with Gasteiger partial charge in [-0.1, -0.05) is 84.9 Å². The Morgan fingerprint density at radius 2 is 0.950 bits per heavy atom. The van der Waals surface area contributed by atoms with Crippen molar-refractivity contribution in [3.63, 3.8) is 0 Å². The highest BCUT2D eigenvalue weighted by Crippen LogP contribution is 2.23. The van der Waals surface area contributed by atoms with Gasteiger partial charge in [-0.15, -0.1) is 0 Å². The summed E-state index contributed by atoms with van der Waals surface area (Å²) >= 11 is 0. The molecule has 0 spiro atoms. The molecule has 0 amide bonds. The summed E-state index contributed by atoms with van der Waals surface area (Å²) < 4.78 is 0. The highest BCUT2D eigenvalue weighted by molar-refractivity contribution is 6.02. The van der Waals surface area contributed by atoms with Crippen LogP contribution in [0.2, 0.25) is 0 Å². The van der Waals surface area contributed by atoms with Crippen molar-refractivity contribution in [2.45, 2.75) is 38.0 Å². The third-order valence-corrected chi connectivity index (χ3v) is 6.86. The van der Waals surface area contributed by atoms with E-state index in [-0.39, 0.29) is 13.1 Å². The Morgan fingerprint density at radius 1 is 0.575 bits per heavy atom. The summed E-state index contributed by atoms with van der Waals surface area (Å²) in [5.41, 5.74) is 4.73. The number of pyridine rings is 2. The summed E-state index contributed by atoms with van der Waals surface area (Å²) in [4.78, 5) is 33.4. The molecule has 3 aromatic carbocycles. The van der Waals surface area contributed by atoms with Crippen molar-refractivity contribution in [3.8, 4) is 0 Å². The first kappa shape index (κ1) is 26.9. The first-order chi connectivity index (χ1) is 19.5. The van der Waals surface area contributed by atoms with Crippen molar-refractivity contribution in [2.75, 3.05) is 0 Å². The highest BCUT2D eigenvalue weighted by atomic mass is 16.4. The predicted octanol–water partition coefficient (Wildman–Crippen LogP) is 4.35. The van der Waals surface area contributed by atoms with E-state index < -0.39 is 24.0 Å². The molecule has 0 aliphatic carbocycles. The van der Waals surface area contributed by atoms with Crippen molar-refractivity contribution in [2.24, 2.45) is 0 Å². The van der Waals surface area contributed by atoms with Gasteiger partial charge in [0.15, 0.2) is 0 Å². The van der Waals surface area contributed by atoms with Crippen LogP contribution in [0, 0.1) is 0 Å². The largest absolute Gasteiger partial charge is 0.480 e. The maximum atomic E-state index is 11.9. The second-order valence-electron chi connectivity index (χ2n) is 9.74. The normalized spacial score (nSPS) is 12.8. The molecule has 40 heavy (non-hydrogen) atoms. The van der Waals surface area contributed by atoms with Gasteiger partial charge in [0, 0.05) is 23.9 Å². The fourth-order valence-electron chi connectivity index (χ4n) is 4.69. The number of aliphatic carboxylic acids is 2. The van der Waals surface area contributed by atoms with E-state index in [9.17, 15) is 19.8 Å². The molecule has 2 atom stereocenters. The molecular weight excluding hydrogens is 504 g/mol. The second kappa shape index (κ2) is 12.5. The van der Waals surface area contributed by atoms with E-state index in [0.29, 0.717) is 35.3 Å². The molecule has 0 unspecified atom stereocenters. The lowest BCUT2D eigenvalue weighted by Gasteiger charge is -2.15. The molecule has 0 fully saturated rings. The third kappa shape index (κ3) is 6.66. The van der Waals surface area contributed by atoms with Crippen LogP contribution in [0.3, 0.4) is 0 Å². The van der Waals surface area contributed by atoms with Gasteiger partial charge in [-0.05, 0) is 36.1 Å². The molecule has 0 radical (unpaired) electrons. The minimum atomic E-state index is -0.916. The lowest BCUT2D eigenvalue weighted by atomic mass is 10.1. The summed E-state index contributed by atoms with van der Waals surface area (Å²) in [6.45, 7) is 0.578. The fourth-order valence-corrected chi connectivity index (χ4v) is 4.69. The van der Waals surface area contributed by atoms with Crippen LogP contribution in [0.25, 0.3) is 21.8 Å². The third-order valence-electron chi connectivity index (χ3n) is 6.86. The Balaban J connectivity index is 1.33. The van der Waals surface area contributed by atoms with E-state index in [1.807, 2.05) is 97.1 Å². The van der Waals surface area contributed by atoms with Crippen LogP contribution in [-0.4, -0.2) is 44.2 Å². The number of hydrogen-bond acceptors (Lipinski definition) is 6. The molecule has 0 saturated carbocycles. The van der Waals surface area contributed by atoms with Gasteiger partial charge in [-0.3, -0.25) is 20.2 Å². The van der Waals surface area contributed by atoms with Gasteiger partial charge in [0.05, 0.1) is 22.4 Å². The van der Waals surface area contributed by atoms with Gasteiger partial charge in [0.25, 0.3) is 0 Å². The maximum Gasteiger partial charge on any atom is 0.321 e. The van der Waals surface area contributed by atoms with Gasteiger partial charge in [0.1, 0.15) is 12.1 Å². The number of nitrogens with one attached hydrogen (secondary N) is 2. The van der Waals surface area contributed by atoms with Gasteiger partial charge in [-0.2, -0.15) is 0 Å². The molecule has 8 nitrogen and oxygen atoms in total. The molecule has 202 valence electrons. The number of hydrogen-bond donors (Lipinski definition) is 4. The Bertz CT molecular complexity index is 1500. The molecule has 2 heterocycles. The Kier molecular flexibility index (Phi) is 8.39. The molecule has 0 aliphatic heterocycles. The molecule has 2 aromatic heterocycles. The van der Waals surface area contributed by atoms with E-state index in [1.165, 1.54) is 0 Å². The smallest absolute Gasteiger partial charge is 0.321 e. The quantitative estimate of drug-likeness (QED) is 0.174. The monoisotopic (exact) mass is 534 g/mol. The van der Waals surface area contributed by atoms with E-state index in [2.05, 4.69) is 10.6 Å². The van der Waals surface area contributed by atoms with Crippen molar-refractivity contribution in [3.05, 3.63) is 120 Å². The molecular formula is C32H30N4O4. The molecule has 5 aromatic rings. The summed E-state index contributed by atoms with van der Waals surface area (Å²) in [5.74, 6) is -1.83. The zero-order valence-electron chi connectivity index (χ0n) is 21.8. The standard InChI is InChI=1S/C32H30N4O4/c37-31(38)27(17-21-7-3-1-4-8-21)33-19-25-15-13-23-11-12-24-14-16-26(36-30(24)29(23)35-25)20-34-28(32(39)40)18-22-9-5-2-6-10-22/h1-16,27-28,33-34H,17-20H2,(H,37,38)(H,39,40)/t27-,28-/m0/s1. The first-order valence-corrected chi connectivity index (χ1v) is 13.1. The lowest BCUT2D eigenvalue weighted by Crippen LogP contribution is -2.38. The van der Waals surface area contributed by atoms with Gasteiger partial charge in [-0.25, -0.2) is 9.97 Å². The average molecular weight is 535 g/mol. The van der Waals surface area contributed by atoms with Crippen LogP contribution in [-0.2, 0) is 35.5 Å². The van der Waals surface area contributed by atoms with Gasteiger partial charge < -0.3 is 10.2 Å². The van der Waals surface area contributed by atoms with Crippen LogP contribution >= 0.6 is 0 Å². The molecule has 0 bridgehead atoms. The van der Waals surface area contributed by atoms with E-state index in [0.717, 1.165) is 21.9 Å². The first-order valence-electron chi connectivity index (χ1n) is 13.1. The van der Waals surface area contributed by atoms with Crippen LogP contribution < -0.4 is 10.6 Å². The number of aromatic nitrogens is 2. The fraction of sp³-hybridized carbons (Fsp3) is 0.188. The number of carbonyl (C=O) groups is 2. The molecule has 0 saturated heterocycles. The Hall–Kier alpha value is -4.66. The number of nitrogens with zero attached hydrogens (tertiary/aromatic N) is 2. The minimum Gasteiger partial charge on any atom is -0.480 e. The van der Waals surface area contributed by atoms with Crippen molar-refractivity contribution in [1.82, 2.24) is 20.6 Å². The summed E-state index contributed by atoms with van der Waals surface area (Å²) in [7, 11) is 0. The SMILES string of the molecule is O=C(O)[C@H](Cc1ccccc1)NCc1ccc2ccc3ccc(CN[C@@H](Cc4ccccc4)C(=O)O)nc3c2n1. The molecule has 5 rings (SSSR count). The van der Waals surface area contributed by atoms with Crippen LogP contribution in [0.4, 0.5) is 0 Å². The Labute approximate surface area is 231 Å². The van der Waals surface area contributed by atoms with Gasteiger partial charge in [0.2, 0.25) is 0 Å². The topological polar surface area (TPSA) is 124 Å². The predicted molar refractivity (Wildman–Crippen MR) is 154 cm³/mol. The molecule has 0 aliphatic rings. The van der Waals surface area contributed by atoms with Crippen LogP contribution in [0.15, 0.2) is 97.1 Å². The lowest BCUT2D eigenvalue weighted by molar-refractivity contribution is -0.140. The molecule has 4 N–H and O–H groups in total. The minimum absolute atomic E-state index is 0.289. The highest BCUT2D eigenvalue weighted by Gasteiger charge is 2.19. The van der Waals surface area contributed by atoms with Crippen LogP contribution in [0.1, 0.15) is 22.5 Å². The second-order valence-corrected chi connectivity index (χ2v) is 9.74. The zero-order valence-corrected chi connectivity index (χ0v) is 21.8. The van der Waals surface area contributed by atoms with E-state index >= 15 is 0 Å². The van der Waals surface area contributed by atoms with Crippen molar-refractivity contribution in [1.29, 1.82) is 0 Å². The Morgan fingerprint density at radius 3 is 1.32 bits per heavy atom. The maximum absolute atomic E-state index is 11.9. The molecule has 8 heteroatoms. The average Bonchev–Trinajstić information content (AvgIpc) is 2.98. The summed E-state index contributed by atoms with van der Waals surface area (Å²) in [6, 6.07) is 29.2. The number of carboxylic acid groups (broad SMARTS) is 2. The summed E-state index contributed by atoms with van der Waals surface area (Å²) in [5, 5.41) is 27.5. The number of rotatable bonds is 12. The van der Waals surface area contributed by atoms with E-state index in [4.69, 9.17) is 9.97 Å². The van der Waals surface area contributed by atoms with Crippen molar-refractivity contribution >= 4 is 33.7 Å². The zero-order chi connectivity index (χ0) is 27.9. The van der Waals surface area contributed by atoms with E-state index in [1.54, 1.807) is 0 Å². The number of carboxylic acids is 2. The van der Waals surface area contributed by atoms with Crippen LogP contribution in [0.5, 0.6) is 0 Å². The number of benzene rings is 3. The van der Waals surface area contributed by atoms with Crippen molar-refractivity contribution < 1.29 is 19.8 Å². The summed E-state index contributed by atoms with van der Waals surface area (Å²) in [6.07, 6.45) is 0.735.